The van der Waals surface area contributed by atoms with E-state index in [-0.39, 0.29) is 11.8 Å². The highest BCUT2D eigenvalue weighted by Crippen LogP contribution is 2.17. The Hall–Kier alpha value is -3.08. The predicted octanol–water partition coefficient (Wildman–Crippen LogP) is 3.59. The first-order valence-corrected chi connectivity index (χ1v) is 8.26. The van der Waals surface area contributed by atoms with Gasteiger partial charge in [0, 0.05) is 36.6 Å². The molecule has 0 radical (unpaired) electrons. The Morgan fingerprint density at radius 3 is 2.44 bits per heavy atom. The lowest BCUT2D eigenvalue weighted by atomic mass is 10.1. The first kappa shape index (κ1) is 16.8. The van der Waals surface area contributed by atoms with Crippen LogP contribution in [0.5, 0.6) is 0 Å². The Kier molecular flexibility index (Phi) is 5.14. The number of amides is 2. The molecule has 1 aliphatic heterocycles. The molecule has 2 N–H and O–H groups in total. The van der Waals surface area contributed by atoms with Crippen LogP contribution in [0.15, 0.2) is 60.7 Å². The molecule has 1 heterocycles. The van der Waals surface area contributed by atoms with Gasteiger partial charge in [-0.25, -0.2) is 4.79 Å². The summed E-state index contributed by atoms with van der Waals surface area (Å²) in [7, 11) is 0. The van der Waals surface area contributed by atoms with Crippen molar-refractivity contribution in [3.8, 4) is 0 Å². The van der Waals surface area contributed by atoms with Crippen LogP contribution >= 0.6 is 0 Å². The van der Waals surface area contributed by atoms with Crippen LogP contribution in [-0.2, 0) is 6.54 Å². The number of carbonyl (C=O) groups is 2. The summed E-state index contributed by atoms with van der Waals surface area (Å²) in [6.45, 7) is 3.83. The Morgan fingerprint density at radius 2 is 1.76 bits per heavy atom. The van der Waals surface area contributed by atoms with Crippen LogP contribution < -0.4 is 15.5 Å². The number of hydrogen-bond acceptors (Lipinski definition) is 3. The van der Waals surface area contributed by atoms with Crippen molar-refractivity contribution in [2.45, 2.75) is 13.5 Å². The van der Waals surface area contributed by atoms with Crippen molar-refractivity contribution in [3.05, 3.63) is 71.8 Å². The van der Waals surface area contributed by atoms with Crippen molar-refractivity contribution in [2.75, 3.05) is 23.3 Å². The molecule has 0 bridgehead atoms. The first-order valence-electron chi connectivity index (χ1n) is 8.26. The smallest absolute Gasteiger partial charge is 0.319 e. The molecule has 0 saturated carbocycles. The summed E-state index contributed by atoms with van der Waals surface area (Å²) >= 11 is 0. The number of urea groups is 1. The van der Waals surface area contributed by atoms with Crippen molar-refractivity contribution in [1.29, 1.82) is 0 Å². The molecule has 0 fully saturated rings. The molecule has 0 aliphatic carbocycles. The van der Waals surface area contributed by atoms with Crippen LogP contribution in [0.2, 0.25) is 0 Å². The third-order valence-electron chi connectivity index (χ3n) is 4.10. The lowest BCUT2D eigenvalue weighted by molar-refractivity contribution is 0.101. The molecular formula is C20H21N3O2. The summed E-state index contributed by atoms with van der Waals surface area (Å²) in [5, 5.41) is 5.57. The summed E-state index contributed by atoms with van der Waals surface area (Å²) in [5.74, 6) is -0.0302. The molecular weight excluding hydrogens is 314 g/mol. The molecule has 0 spiro atoms. The molecule has 0 aromatic heterocycles. The summed E-state index contributed by atoms with van der Waals surface area (Å²) < 4.78 is 0. The van der Waals surface area contributed by atoms with Gasteiger partial charge in [0.25, 0.3) is 0 Å². The summed E-state index contributed by atoms with van der Waals surface area (Å²) in [5.41, 5.74) is 3.38. The van der Waals surface area contributed by atoms with Crippen LogP contribution in [-0.4, -0.2) is 24.9 Å². The lowest BCUT2D eigenvalue weighted by Gasteiger charge is -2.17. The normalized spacial score (nSPS) is 12.9. The zero-order valence-corrected chi connectivity index (χ0v) is 14.2. The topological polar surface area (TPSA) is 61.4 Å². The third-order valence-corrected chi connectivity index (χ3v) is 4.10. The molecule has 3 rings (SSSR count). The van der Waals surface area contributed by atoms with Crippen LogP contribution in [0.3, 0.4) is 0 Å². The van der Waals surface area contributed by atoms with E-state index in [2.05, 4.69) is 39.8 Å². The average Bonchev–Trinajstić information content (AvgIpc) is 3.15. The minimum Gasteiger partial charge on any atom is -0.364 e. The van der Waals surface area contributed by atoms with Crippen molar-refractivity contribution >= 4 is 23.2 Å². The molecule has 5 heteroatoms. The number of nitrogens with one attached hydrogen (secondary N) is 2. The van der Waals surface area contributed by atoms with E-state index in [4.69, 9.17) is 0 Å². The molecule has 2 aromatic carbocycles. The molecule has 128 valence electrons. The van der Waals surface area contributed by atoms with E-state index in [0.29, 0.717) is 17.8 Å². The highest BCUT2D eigenvalue weighted by atomic mass is 16.2. The van der Waals surface area contributed by atoms with Gasteiger partial charge in [-0.15, -0.1) is 0 Å². The zero-order valence-electron chi connectivity index (χ0n) is 14.2. The maximum absolute atomic E-state index is 12.0. The van der Waals surface area contributed by atoms with Gasteiger partial charge in [-0.1, -0.05) is 36.4 Å². The van der Waals surface area contributed by atoms with E-state index in [1.807, 2.05) is 12.1 Å². The van der Waals surface area contributed by atoms with Crippen LogP contribution in [0.4, 0.5) is 16.2 Å². The van der Waals surface area contributed by atoms with Gasteiger partial charge >= 0.3 is 6.03 Å². The fraction of sp³-hybridized carbons (Fsp3) is 0.200. The number of rotatable bonds is 5. The predicted molar refractivity (Wildman–Crippen MR) is 100 cm³/mol. The number of hydrogen-bond donors (Lipinski definition) is 2. The first-order chi connectivity index (χ1) is 12.1. The van der Waals surface area contributed by atoms with Crippen molar-refractivity contribution in [1.82, 2.24) is 5.32 Å². The van der Waals surface area contributed by atoms with Gasteiger partial charge in [0.2, 0.25) is 0 Å². The van der Waals surface area contributed by atoms with E-state index in [1.165, 1.54) is 12.6 Å². The standard InChI is InChI=1S/C20H21N3O2/c1-15(24)17-5-4-6-18(13-17)22-20(25)21-14-16-7-9-19(10-8-16)23-11-2-3-12-23/h2-10,13H,11-12,14H2,1H3,(H2,21,22,25). The minimum absolute atomic E-state index is 0.0302. The Bertz CT molecular complexity index is 789. The zero-order chi connectivity index (χ0) is 17.6. The monoisotopic (exact) mass is 335 g/mol. The van der Waals surface area contributed by atoms with Gasteiger partial charge in [0.15, 0.2) is 5.78 Å². The molecule has 2 aromatic rings. The Balaban J connectivity index is 1.52. The summed E-state index contributed by atoms with van der Waals surface area (Å²) in [4.78, 5) is 25.7. The van der Waals surface area contributed by atoms with E-state index in [0.717, 1.165) is 18.7 Å². The van der Waals surface area contributed by atoms with Gasteiger partial charge in [-0.3, -0.25) is 4.79 Å². The number of carbonyl (C=O) groups excluding carboxylic acids is 2. The molecule has 5 nitrogen and oxygen atoms in total. The second-order valence-electron chi connectivity index (χ2n) is 5.99. The van der Waals surface area contributed by atoms with Gasteiger partial charge in [-0.05, 0) is 36.8 Å². The fourth-order valence-corrected chi connectivity index (χ4v) is 2.69. The van der Waals surface area contributed by atoms with E-state index >= 15 is 0 Å². The van der Waals surface area contributed by atoms with Crippen molar-refractivity contribution in [2.24, 2.45) is 0 Å². The fourth-order valence-electron chi connectivity index (χ4n) is 2.69. The van der Waals surface area contributed by atoms with Crippen LogP contribution in [0.25, 0.3) is 0 Å². The molecule has 0 unspecified atom stereocenters. The molecule has 25 heavy (non-hydrogen) atoms. The maximum atomic E-state index is 12.0. The number of nitrogens with zero attached hydrogens (tertiary/aromatic N) is 1. The molecule has 0 saturated heterocycles. The van der Waals surface area contributed by atoms with Gasteiger partial charge in [-0.2, -0.15) is 0 Å². The van der Waals surface area contributed by atoms with Gasteiger partial charge in [0.05, 0.1) is 0 Å². The third kappa shape index (κ3) is 4.47. The van der Waals surface area contributed by atoms with Crippen LogP contribution in [0.1, 0.15) is 22.8 Å². The number of Topliss-reactive ketones (excluding diaryl/α,β-unsaturated/α-hetero) is 1. The van der Waals surface area contributed by atoms with Gasteiger partial charge in [0.1, 0.15) is 0 Å². The number of ketones is 1. The lowest BCUT2D eigenvalue weighted by Crippen LogP contribution is -2.28. The average molecular weight is 335 g/mol. The Morgan fingerprint density at radius 1 is 1.04 bits per heavy atom. The summed E-state index contributed by atoms with van der Waals surface area (Å²) in [6.07, 6.45) is 4.31. The second-order valence-corrected chi connectivity index (χ2v) is 5.99. The molecule has 1 aliphatic rings. The number of anilines is 2. The summed E-state index contributed by atoms with van der Waals surface area (Å²) in [6, 6.07) is 14.8. The second kappa shape index (κ2) is 7.66. The van der Waals surface area contributed by atoms with E-state index in [1.54, 1.807) is 24.3 Å². The maximum Gasteiger partial charge on any atom is 0.319 e. The molecule has 0 atom stereocenters. The quantitative estimate of drug-likeness (QED) is 0.648. The van der Waals surface area contributed by atoms with Crippen molar-refractivity contribution < 1.29 is 9.59 Å². The SMILES string of the molecule is CC(=O)c1cccc(NC(=O)NCc2ccc(N3CC=CC3)cc2)c1. The number of benzene rings is 2. The van der Waals surface area contributed by atoms with Crippen molar-refractivity contribution in [3.63, 3.8) is 0 Å². The minimum atomic E-state index is -0.298. The highest BCUT2D eigenvalue weighted by molar-refractivity contribution is 5.96. The van der Waals surface area contributed by atoms with E-state index < -0.39 is 0 Å². The highest BCUT2D eigenvalue weighted by Gasteiger charge is 2.08. The van der Waals surface area contributed by atoms with Gasteiger partial charge < -0.3 is 15.5 Å². The largest absolute Gasteiger partial charge is 0.364 e. The molecule has 2 amide bonds. The van der Waals surface area contributed by atoms with E-state index in [9.17, 15) is 9.59 Å². The van der Waals surface area contributed by atoms with Crippen LogP contribution in [0, 0.1) is 0 Å². The Labute approximate surface area is 147 Å².